The van der Waals surface area contributed by atoms with E-state index in [0.29, 0.717) is 24.2 Å². The van der Waals surface area contributed by atoms with E-state index < -0.39 is 5.97 Å². The number of carbonyl (C=O) groups excluding carboxylic acids is 2. The summed E-state index contributed by atoms with van der Waals surface area (Å²) in [6.07, 6.45) is 3.37. The Labute approximate surface area is 150 Å². The van der Waals surface area contributed by atoms with Crippen LogP contribution < -0.4 is 10.6 Å². The van der Waals surface area contributed by atoms with Crippen LogP contribution in [-0.2, 0) is 11.2 Å². The summed E-state index contributed by atoms with van der Waals surface area (Å²) in [5, 5.41) is 13.8. The Morgan fingerprint density at radius 3 is 2.69 bits per heavy atom. The van der Waals surface area contributed by atoms with Crippen molar-refractivity contribution in [1.82, 2.24) is 19.9 Å². The van der Waals surface area contributed by atoms with E-state index in [1.54, 1.807) is 24.3 Å². The van der Waals surface area contributed by atoms with Gasteiger partial charge in [0, 0.05) is 24.8 Å². The fourth-order valence-electron chi connectivity index (χ4n) is 2.49. The van der Waals surface area contributed by atoms with Crippen LogP contribution in [0.15, 0.2) is 48.7 Å². The zero-order valence-corrected chi connectivity index (χ0v) is 14.3. The molecular formula is C18H19N5O3. The first kappa shape index (κ1) is 17.4. The number of amides is 2. The van der Waals surface area contributed by atoms with Crippen molar-refractivity contribution >= 4 is 23.3 Å². The van der Waals surface area contributed by atoms with Crippen molar-refractivity contribution in [2.24, 2.45) is 0 Å². The van der Waals surface area contributed by atoms with E-state index in [1.807, 2.05) is 28.8 Å². The molecule has 3 aromatic rings. The van der Waals surface area contributed by atoms with Gasteiger partial charge < -0.3 is 15.4 Å². The predicted molar refractivity (Wildman–Crippen MR) is 96.1 cm³/mol. The molecule has 0 aliphatic rings. The molecule has 0 aliphatic heterocycles. The molecule has 0 aliphatic carbocycles. The van der Waals surface area contributed by atoms with E-state index in [2.05, 4.69) is 25.6 Å². The highest BCUT2D eigenvalue weighted by Crippen LogP contribution is 2.10. The first-order valence-electron chi connectivity index (χ1n) is 8.19. The lowest BCUT2D eigenvalue weighted by Crippen LogP contribution is -2.29. The number of ether oxygens (including phenoxy) is 1. The topological polar surface area (TPSA) is 97.6 Å². The van der Waals surface area contributed by atoms with Gasteiger partial charge in [0.1, 0.15) is 5.82 Å². The Morgan fingerprint density at radius 1 is 1.12 bits per heavy atom. The number of anilines is 1. The molecule has 0 saturated heterocycles. The van der Waals surface area contributed by atoms with Crippen LogP contribution in [0.4, 0.5) is 10.5 Å². The third-order valence-corrected chi connectivity index (χ3v) is 3.81. The summed E-state index contributed by atoms with van der Waals surface area (Å²) in [6, 6.07) is 11.9. The summed E-state index contributed by atoms with van der Waals surface area (Å²) >= 11 is 0. The number of fused-ring (bicyclic) bond motifs is 1. The van der Waals surface area contributed by atoms with Crippen LogP contribution >= 0.6 is 0 Å². The van der Waals surface area contributed by atoms with Crippen molar-refractivity contribution in [3.8, 4) is 0 Å². The van der Waals surface area contributed by atoms with Gasteiger partial charge in [0.05, 0.1) is 12.7 Å². The van der Waals surface area contributed by atoms with E-state index in [-0.39, 0.29) is 6.03 Å². The molecular weight excluding hydrogens is 334 g/mol. The van der Waals surface area contributed by atoms with Gasteiger partial charge in [0.25, 0.3) is 0 Å². The highest BCUT2D eigenvalue weighted by Gasteiger charge is 2.07. The molecule has 0 spiro atoms. The Bertz CT molecular complexity index is 905. The Hall–Kier alpha value is -3.42. The smallest absolute Gasteiger partial charge is 0.337 e. The number of nitrogens with one attached hydrogen (secondary N) is 2. The first-order chi connectivity index (χ1) is 12.7. The van der Waals surface area contributed by atoms with Crippen LogP contribution in [-0.4, -0.2) is 40.3 Å². The van der Waals surface area contributed by atoms with Gasteiger partial charge >= 0.3 is 12.0 Å². The van der Waals surface area contributed by atoms with Gasteiger partial charge in [-0.05, 0) is 42.8 Å². The highest BCUT2D eigenvalue weighted by molar-refractivity contribution is 5.92. The Balaban J connectivity index is 1.43. The van der Waals surface area contributed by atoms with Crippen LogP contribution in [0.5, 0.6) is 0 Å². The molecule has 1 aromatic carbocycles. The summed E-state index contributed by atoms with van der Waals surface area (Å²) in [5.74, 6) is 0.447. The summed E-state index contributed by atoms with van der Waals surface area (Å²) in [6.45, 7) is 0.508. The SMILES string of the molecule is COC(=O)c1ccc(NC(=O)NCCCc2nnc3ccccn23)cc1. The van der Waals surface area contributed by atoms with Crippen molar-refractivity contribution < 1.29 is 14.3 Å². The molecule has 134 valence electrons. The number of nitrogens with zero attached hydrogens (tertiary/aromatic N) is 3. The van der Waals surface area contributed by atoms with Gasteiger partial charge in [-0.1, -0.05) is 6.07 Å². The first-order valence-corrected chi connectivity index (χ1v) is 8.19. The van der Waals surface area contributed by atoms with Crippen LogP contribution in [0.25, 0.3) is 5.65 Å². The summed E-state index contributed by atoms with van der Waals surface area (Å²) in [7, 11) is 1.32. The van der Waals surface area contributed by atoms with Gasteiger partial charge in [0.2, 0.25) is 0 Å². The molecule has 0 saturated carbocycles. The number of methoxy groups -OCH3 is 1. The second-order valence-electron chi connectivity index (χ2n) is 5.60. The highest BCUT2D eigenvalue weighted by atomic mass is 16.5. The van der Waals surface area contributed by atoms with E-state index in [4.69, 9.17) is 0 Å². The zero-order chi connectivity index (χ0) is 18.4. The molecule has 2 heterocycles. The lowest BCUT2D eigenvalue weighted by Gasteiger charge is -2.08. The number of esters is 1. The van der Waals surface area contributed by atoms with Crippen molar-refractivity contribution in [1.29, 1.82) is 0 Å². The zero-order valence-electron chi connectivity index (χ0n) is 14.3. The van der Waals surface area contributed by atoms with Crippen LogP contribution in [0, 0.1) is 0 Å². The number of benzene rings is 1. The Kier molecular flexibility index (Phi) is 5.43. The van der Waals surface area contributed by atoms with Crippen molar-refractivity contribution in [2.45, 2.75) is 12.8 Å². The molecule has 0 radical (unpaired) electrons. The second kappa shape index (κ2) is 8.11. The van der Waals surface area contributed by atoms with E-state index >= 15 is 0 Å². The number of pyridine rings is 1. The quantitative estimate of drug-likeness (QED) is 0.523. The molecule has 0 atom stereocenters. The number of urea groups is 1. The molecule has 8 nitrogen and oxygen atoms in total. The summed E-state index contributed by atoms with van der Waals surface area (Å²) in [4.78, 5) is 23.3. The monoisotopic (exact) mass is 353 g/mol. The Morgan fingerprint density at radius 2 is 1.92 bits per heavy atom. The second-order valence-corrected chi connectivity index (χ2v) is 5.60. The molecule has 0 unspecified atom stereocenters. The van der Waals surface area contributed by atoms with Gasteiger partial charge in [-0.3, -0.25) is 4.40 Å². The van der Waals surface area contributed by atoms with E-state index in [9.17, 15) is 9.59 Å². The van der Waals surface area contributed by atoms with E-state index in [1.165, 1.54) is 7.11 Å². The van der Waals surface area contributed by atoms with Crippen LogP contribution in [0.1, 0.15) is 22.6 Å². The van der Waals surface area contributed by atoms with E-state index in [0.717, 1.165) is 17.9 Å². The average molecular weight is 353 g/mol. The standard InChI is InChI=1S/C18H19N5O3/c1-26-17(24)13-7-9-14(10-8-13)20-18(25)19-11-4-6-16-22-21-15-5-2-3-12-23(15)16/h2-3,5,7-10,12H,4,6,11H2,1H3,(H2,19,20,25). The molecule has 3 rings (SSSR count). The van der Waals surface area contributed by atoms with Crippen molar-refractivity contribution in [3.63, 3.8) is 0 Å². The largest absolute Gasteiger partial charge is 0.465 e. The van der Waals surface area contributed by atoms with Crippen molar-refractivity contribution in [2.75, 3.05) is 19.0 Å². The fraction of sp³-hybridized carbons (Fsp3) is 0.222. The number of rotatable bonds is 6. The number of carbonyl (C=O) groups is 2. The maximum atomic E-state index is 11.9. The molecule has 8 heteroatoms. The third kappa shape index (κ3) is 4.15. The minimum atomic E-state index is -0.415. The molecule has 2 amide bonds. The summed E-state index contributed by atoms with van der Waals surface area (Å²) < 4.78 is 6.56. The lowest BCUT2D eigenvalue weighted by atomic mass is 10.2. The minimum absolute atomic E-state index is 0.304. The van der Waals surface area contributed by atoms with Gasteiger partial charge in [-0.2, -0.15) is 0 Å². The van der Waals surface area contributed by atoms with Crippen LogP contribution in [0.3, 0.4) is 0 Å². The maximum absolute atomic E-state index is 11.9. The molecule has 26 heavy (non-hydrogen) atoms. The lowest BCUT2D eigenvalue weighted by molar-refractivity contribution is 0.0600. The molecule has 2 aromatic heterocycles. The maximum Gasteiger partial charge on any atom is 0.337 e. The number of hydrogen-bond acceptors (Lipinski definition) is 5. The van der Waals surface area contributed by atoms with Gasteiger partial charge in [-0.25, -0.2) is 9.59 Å². The molecule has 0 bridgehead atoms. The summed E-state index contributed by atoms with van der Waals surface area (Å²) in [5.41, 5.74) is 1.83. The number of aromatic nitrogens is 3. The third-order valence-electron chi connectivity index (χ3n) is 3.81. The molecule has 2 N–H and O–H groups in total. The van der Waals surface area contributed by atoms with Gasteiger partial charge in [-0.15, -0.1) is 10.2 Å². The number of aryl methyl sites for hydroxylation is 1. The number of hydrogen-bond donors (Lipinski definition) is 2. The normalized spacial score (nSPS) is 10.5. The fourth-order valence-corrected chi connectivity index (χ4v) is 2.49. The minimum Gasteiger partial charge on any atom is -0.465 e. The predicted octanol–water partition coefficient (Wildman–Crippen LogP) is 2.27. The molecule has 0 fully saturated rings. The van der Waals surface area contributed by atoms with Gasteiger partial charge in [0.15, 0.2) is 5.65 Å². The average Bonchev–Trinajstić information content (AvgIpc) is 3.08. The van der Waals surface area contributed by atoms with Crippen LogP contribution in [0.2, 0.25) is 0 Å². The van der Waals surface area contributed by atoms with Crippen molar-refractivity contribution in [3.05, 3.63) is 60.0 Å².